The van der Waals surface area contributed by atoms with Crippen LogP contribution in [-0.2, 0) is 4.79 Å². The first-order valence-electron chi connectivity index (χ1n) is 5.59. The van der Waals surface area contributed by atoms with Gasteiger partial charge in [-0.2, -0.15) is 0 Å². The summed E-state index contributed by atoms with van der Waals surface area (Å²) < 4.78 is 26.1. The third kappa shape index (κ3) is 5.01. The van der Waals surface area contributed by atoms with Crippen molar-refractivity contribution in [3.8, 4) is 0 Å². The molecule has 6 heteroatoms. The van der Waals surface area contributed by atoms with Gasteiger partial charge in [-0.15, -0.1) is 11.8 Å². The first-order chi connectivity index (χ1) is 8.52. The number of nitrogens with two attached hydrogens (primary N) is 1. The van der Waals surface area contributed by atoms with E-state index in [1.807, 2.05) is 6.92 Å². The zero-order valence-electron chi connectivity index (χ0n) is 10.1. The fraction of sp³-hybridized carbons (Fsp3) is 0.417. The van der Waals surface area contributed by atoms with Gasteiger partial charge in [0.15, 0.2) is 0 Å². The minimum atomic E-state index is -0.648. The zero-order chi connectivity index (χ0) is 13.5. The highest BCUT2D eigenvalue weighted by Crippen LogP contribution is 2.17. The third-order valence-electron chi connectivity index (χ3n) is 2.27. The number of carbonyl (C=O) groups is 1. The molecule has 0 heterocycles. The summed E-state index contributed by atoms with van der Waals surface area (Å²) in [5.74, 6) is -1.40. The van der Waals surface area contributed by atoms with Crippen molar-refractivity contribution in [2.24, 2.45) is 5.73 Å². The molecule has 0 saturated carbocycles. The maximum absolute atomic E-state index is 13.2. The van der Waals surface area contributed by atoms with Crippen molar-refractivity contribution in [1.29, 1.82) is 0 Å². The Balaban J connectivity index is 2.47. The Morgan fingerprint density at radius 1 is 1.50 bits per heavy atom. The van der Waals surface area contributed by atoms with Gasteiger partial charge < -0.3 is 11.1 Å². The molecule has 0 spiro atoms. The van der Waals surface area contributed by atoms with E-state index in [4.69, 9.17) is 5.73 Å². The SMILES string of the molecule is CC(CCN)SCC(=O)Nc1cc(F)ccc1F. The Morgan fingerprint density at radius 3 is 2.89 bits per heavy atom. The van der Waals surface area contributed by atoms with Crippen molar-refractivity contribution < 1.29 is 13.6 Å². The predicted octanol–water partition coefficient (Wildman–Crippen LogP) is 2.37. The Bertz CT molecular complexity index is 415. The van der Waals surface area contributed by atoms with Crippen molar-refractivity contribution >= 4 is 23.4 Å². The highest BCUT2D eigenvalue weighted by atomic mass is 32.2. The summed E-state index contributed by atoms with van der Waals surface area (Å²) in [6.07, 6.45) is 0.812. The van der Waals surface area contributed by atoms with Crippen LogP contribution in [0.4, 0.5) is 14.5 Å². The molecular weight excluding hydrogens is 258 g/mol. The smallest absolute Gasteiger partial charge is 0.234 e. The van der Waals surface area contributed by atoms with E-state index in [1.165, 1.54) is 11.8 Å². The number of hydrogen-bond donors (Lipinski definition) is 2. The highest BCUT2D eigenvalue weighted by molar-refractivity contribution is 8.00. The van der Waals surface area contributed by atoms with Crippen LogP contribution in [0.5, 0.6) is 0 Å². The second kappa shape index (κ2) is 7.33. The van der Waals surface area contributed by atoms with Crippen molar-refractivity contribution in [3.05, 3.63) is 29.8 Å². The molecule has 3 nitrogen and oxygen atoms in total. The van der Waals surface area contributed by atoms with Crippen LogP contribution in [-0.4, -0.2) is 23.5 Å². The predicted molar refractivity (Wildman–Crippen MR) is 70.6 cm³/mol. The van der Waals surface area contributed by atoms with Gasteiger partial charge in [0.1, 0.15) is 11.6 Å². The molecule has 18 heavy (non-hydrogen) atoms. The van der Waals surface area contributed by atoms with Crippen LogP contribution in [0.1, 0.15) is 13.3 Å². The molecule has 1 unspecified atom stereocenters. The molecule has 1 amide bonds. The zero-order valence-corrected chi connectivity index (χ0v) is 10.9. The van der Waals surface area contributed by atoms with Gasteiger partial charge in [0.05, 0.1) is 11.4 Å². The number of hydrogen-bond acceptors (Lipinski definition) is 3. The van der Waals surface area contributed by atoms with Crippen LogP contribution in [0.3, 0.4) is 0 Å². The summed E-state index contributed by atoms with van der Waals surface area (Å²) in [5, 5.41) is 2.60. The van der Waals surface area contributed by atoms with Crippen LogP contribution >= 0.6 is 11.8 Å². The molecule has 0 aliphatic rings. The van der Waals surface area contributed by atoms with Gasteiger partial charge in [-0.1, -0.05) is 6.92 Å². The normalized spacial score (nSPS) is 12.2. The van der Waals surface area contributed by atoms with Crippen LogP contribution in [0.25, 0.3) is 0 Å². The first kappa shape index (κ1) is 14.9. The molecule has 0 aromatic heterocycles. The van der Waals surface area contributed by atoms with Crippen molar-refractivity contribution in [3.63, 3.8) is 0 Å². The molecule has 100 valence electrons. The number of halogens is 2. The number of nitrogens with one attached hydrogen (secondary N) is 1. The Hall–Kier alpha value is -1.14. The third-order valence-corrected chi connectivity index (χ3v) is 3.51. The van der Waals surface area contributed by atoms with Crippen molar-refractivity contribution in [1.82, 2.24) is 0 Å². The average Bonchev–Trinajstić information content (AvgIpc) is 2.32. The van der Waals surface area contributed by atoms with E-state index in [2.05, 4.69) is 5.32 Å². The topological polar surface area (TPSA) is 55.1 Å². The number of benzene rings is 1. The standard InChI is InChI=1S/C12H16F2N2OS/c1-8(4-5-15)18-7-12(17)16-11-6-9(13)2-3-10(11)14/h2-3,6,8H,4-5,7,15H2,1H3,(H,16,17). The minimum absolute atomic E-state index is 0.132. The molecule has 1 atom stereocenters. The average molecular weight is 274 g/mol. The van der Waals surface area contributed by atoms with Gasteiger partial charge >= 0.3 is 0 Å². The van der Waals surface area contributed by atoms with E-state index in [-0.39, 0.29) is 22.6 Å². The molecule has 0 aliphatic carbocycles. The van der Waals surface area contributed by atoms with E-state index in [0.717, 1.165) is 24.6 Å². The molecule has 0 aliphatic heterocycles. The number of carbonyl (C=O) groups excluding carboxylic acids is 1. The fourth-order valence-electron chi connectivity index (χ4n) is 1.32. The monoisotopic (exact) mass is 274 g/mol. The summed E-state index contributed by atoms with van der Waals surface area (Å²) in [6, 6.07) is 2.94. The Labute approximate surface area is 109 Å². The largest absolute Gasteiger partial charge is 0.330 e. The van der Waals surface area contributed by atoms with Crippen LogP contribution < -0.4 is 11.1 Å². The lowest BCUT2D eigenvalue weighted by atomic mass is 10.3. The van der Waals surface area contributed by atoms with Gasteiger partial charge in [0.25, 0.3) is 0 Å². The van der Waals surface area contributed by atoms with E-state index in [9.17, 15) is 13.6 Å². The van der Waals surface area contributed by atoms with Crippen LogP contribution in [0, 0.1) is 11.6 Å². The van der Waals surface area contributed by atoms with Gasteiger partial charge in [-0.3, -0.25) is 4.79 Å². The van der Waals surface area contributed by atoms with Crippen molar-refractivity contribution in [2.75, 3.05) is 17.6 Å². The maximum Gasteiger partial charge on any atom is 0.234 e. The summed E-state index contributed by atoms with van der Waals surface area (Å²) in [4.78, 5) is 11.5. The van der Waals surface area contributed by atoms with Gasteiger partial charge in [0, 0.05) is 11.3 Å². The lowest BCUT2D eigenvalue weighted by Crippen LogP contribution is -2.17. The highest BCUT2D eigenvalue weighted by Gasteiger charge is 2.10. The lowest BCUT2D eigenvalue weighted by Gasteiger charge is -2.10. The Morgan fingerprint density at radius 2 is 2.22 bits per heavy atom. The number of rotatable bonds is 6. The quantitative estimate of drug-likeness (QED) is 0.837. The number of anilines is 1. The molecular formula is C12H16F2N2OS. The molecule has 0 radical (unpaired) electrons. The second-order valence-electron chi connectivity index (χ2n) is 3.87. The van der Waals surface area contributed by atoms with Crippen LogP contribution in [0.2, 0.25) is 0 Å². The van der Waals surface area contributed by atoms with E-state index < -0.39 is 11.6 Å². The molecule has 0 saturated heterocycles. The molecule has 1 aromatic rings. The van der Waals surface area contributed by atoms with Crippen molar-refractivity contribution in [2.45, 2.75) is 18.6 Å². The lowest BCUT2D eigenvalue weighted by molar-refractivity contribution is -0.113. The summed E-state index contributed by atoms with van der Waals surface area (Å²) in [6.45, 7) is 2.53. The summed E-state index contributed by atoms with van der Waals surface area (Å²) >= 11 is 1.43. The molecule has 1 rings (SSSR count). The van der Waals surface area contributed by atoms with E-state index >= 15 is 0 Å². The van der Waals surface area contributed by atoms with E-state index in [0.29, 0.717) is 6.54 Å². The van der Waals surface area contributed by atoms with E-state index in [1.54, 1.807) is 0 Å². The number of thioether (sulfide) groups is 1. The fourth-order valence-corrected chi connectivity index (χ4v) is 2.13. The molecule has 1 aromatic carbocycles. The maximum atomic E-state index is 13.2. The van der Waals surface area contributed by atoms with Gasteiger partial charge in [0.2, 0.25) is 5.91 Å². The molecule has 3 N–H and O–H groups in total. The van der Waals surface area contributed by atoms with Gasteiger partial charge in [-0.25, -0.2) is 8.78 Å². The molecule has 0 bridgehead atoms. The first-order valence-corrected chi connectivity index (χ1v) is 6.64. The Kier molecular flexibility index (Phi) is 6.07. The molecule has 0 fully saturated rings. The summed E-state index contributed by atoms with van der Waals surface area (Å²) in [7, 11) is 0. The van der Waals surface area contributed by atoms with Gasteiger partial charge in [-0.05, 0) is 25.1 Å². The minimum Gasteiger partial charge on any atom is -0.330 e. The number of amides is 1. The summed E-state index contributed by atoms with van der Waals surface area (Å²) in [5.41, 5.74) is 5.26. The van der Waals surface area contributed by atoms with Crippen LogP contribution in [0.15, 0.2) is 18.2 Å². The second-order valence-corrected chi connectivity index (χ2v) is 5.30.